The minimum absolute atomic E-state index is 0.0805. The summed E-state index contributed by atoms with van der Waals surface area (Å²) in [6.07, 6.45) is 0.945. The van der Waals surface area contributed by atoms with E-state index in [1.54, 1.807) is 6.92 Å². The van der Waals surface area contributed by atoms with E-state index in [0.717, 1.165) is 22.6 Å². The maximum atomic E-state index is 12.3. The molecule has 1 aromatic rings. The van der Waals surface area contributed by atoms with E-state index in [4.69, 9.17) is 0 Å². The lowest BCUT2D eigenvalue weighted by Gasteiger charge is -2.26. The highest BCUT2D eigenvalue weighted by molar-refractivity contribution is 7.89. The van der Waals surface area contributed by atoms with Crippen LogP contribution in [-0.2, 0) is 10.0 Å². The van der Waals surface area contributed by atoms with E-state index < -0.39 is 26.4 Å². The van der Waals surface area contributed by atoms with Crippen molar-refractivity contribution in [1.82, 2.24) is 9.29 Å². The van der Waals surface area contributed by atoms with Gasteiger partial charge in [0.2, 0.25) is 10.0 Å². The highest BCUT2D eigenvalue weighted by Crippen LogP contribution is 2.19. The normalized spacial score (nSPS) is 12.7. The third-order valence-corrected chi connectivity index (χ3v) is 4.37. The summed E-state index contributed by atoms with van der Waals surface area (Å²) in [7, 11) is -3.84. The van der Waals surface area contributed by atoms with Crippen molar-refractivity contribution in [3.63, 3.8) is 0 Å². The molecule has 0 fully saturated rings. The first-order chi connectivity index (χ1) is 9.08. The van der Waals surface area contributed by atoms with E-state index in [1.807, 2.05) is 0 Å². The molecule has 0 unspecified atom stereocenters. The Bertz CT molecular complexity index is 577. The van der Waals surface area contributed by atoms with Crippen LogP contribution < -0.4 is 0 Å². The number of aliphatic hydroxyl groups is 1. The smallest absolute Gasteiger partial charge is 0.363 e. The van der Waals surface area contributed by atoms with Crippen molar-refractivity contribution in [1.29, 1.82) is 0 Å². The molecule has 8 nitrogen and oxygen atoms in total. The number of hydrogen-bond acceptors (Lipinski definition) is 6. The van der Waals surface area contributed by atoms with E-state index in [9.17, 15) is 23.6 Å². The number of rotatable bonds is 6. The van der Waals surface area contributed by atoms with Crippen LogP contribution in [0.3, 0.4) is 0 Å². The molecular weight excluding hydrogens is 286 g/mol. The average molecular weight is 303 g/mol. The Labute approximate surface area is 117 Å². The van der Waals surface area contributed by atoms with Crippen LogP contribution in [0.1, 0.15) is 20.8 Å². The predicted octanol–water partition coefficient (Wildman–Crippen LogP) is 0.771. The maximum Gasteiger partial charge on any atom is 0.363 e. The molecule has 0 radical (unpaired) electrons. The molecule has 0 aliphatic carbocycles. The predicted molar refractivity (Wildman–Crippen MR) is 71.6 cm³/mol. The van der Waals surface area contributed by atoms with Gasteiger partial charge in [-0.25, -0.2) is 8.42 Å². The number of nitro groups is 1. The van der Waals surface area contributed by atoms with Crippen LogP contribution in [0.25, 0.3) is 0 Å². The van der Waals surface area contributed by atoms with Gasteiger partial charge in [0.05, 0.1) is 5.60 Å². The minimum Gasteiger partial charge on any atom is -0.389 e. The van der Waals surface area contributed by atoms with Crippen molar-refractivity contribution < 1.29 is 18.4 Å². The van der Waals surface area contributed by atoms with Gasteiger partial charge in [-0.2, -0.15) is 4.31 Å². The van der Waals surface area contributed by atoms with Crippen LogP contribution in [-0.4, -0.2) is 46.4 Å². The third-order valence-electron chi connectivity index (χ3n) is 2.46. The highest BCUT2D eigenvalue weighted by atomic mass is 32.2. The Morgan fingerprint density at radius 1 is 1.45 bits per heavy atom. The van der Waals surface area contributed by atoms with Crippen LogP contribution in [0.4, 0.5) is 5.82 Å². The Balaban J connectivity index is 3.11. The molecule has 0 aliphatic rings. The lowest BCUT2D eigenvalue weighted by molar-refractivity contribution is -0.389. The topological polar surface area (TPSA) is 114 Å². The van der Waals surface area contributed by atoms with Gasteiger partial charge in [0.15, 0.2) is 6.20 Å². The zero-order valence-corrected chi connectivity index (χ0v) is 12.3. The second-order valence-electron chi connectivity index (χ2n) is 4.85. The van der Waals surface area contributed by atoms with Gasteiger partial charge in [0.1, 0.15) is 4.90 Å². The average Bonchev–Trinajstić information content (AvgIpc) is 2.34. The van der Waals surface area contributed by atoms with Gasteiger partial charge in [-0.15, -0.1) is 0 Å². The number of aromatic nitrogens is 1. The van der Waals surface area contributed by atoms with Crippen LogP contribution in [0.2, 0.25) is 0 Å². The molecule has 1 N–H and O–H groups in total. The highest BCUT2D eigenvalue weighted by Gasteiger charge is 2.29. The van der Waals surface area contributed by atoms with Crippen molar-refractivity contribution >= 4 is 15.8 Å². The largest absolute Gasteiger partial charge is 0.389 e. The molecule has 0 saturated carbocycles. The van der Waals surface area contributed by atoms with Crippen LogP contribution in [0, 0.1) is 10.1 Å². The summed E-state index contributed by atoms with van der Waals surface area (Å²) < 4.78 is 25.7. The van der Waals surface area contributed by atoms with Crippen molar-refractivity contribution in [3.05, 3.63) is 28.4 Å². The molecule has 112 valence electrons. The monoisotopic (exact) mass is 303 g/mol. The van der Waals surface area contributed by atoms with Gasteiger partial charge < -0.3 is 15.2 Å². The van der Waals surface area contributed by atoms with E-state index in [2.05, 4.69) is 4.98 Å². The Hall–Kier alpha value is -1.58. The summed E-state index contributed by atoms with van der Waals surface area (Å²) in [6, 6.07) is 2.16. The SMILES string of the molecule is CCN(CC(C)(C)O)S(=O)(=O)c1ccc([N+](=O)[O-])nc1. The second kappa shape index (κ2) is 5.81. The van der Waals surface area contributed by atoms with Crippen molar-refractivity contribution in [2.24, 2.45) is 0 Å². The summed E-state index contributed by atoms with van der Waals surface area (Å²) >= 11 is 0. The molecular formula is C11H17N3O5S. The number of nitrogens with zero attached hydrogens (tertiary/aromatic N) is 3. The summed E-state index contributed by atoms with van der Waals surface area (Å²) in [5.74, 6) is -0.422. The second-order valence-corrected chi connectivity index (χ2v) is 6.79. The number of pyridine rings is 1. The summed E-state index contributed by atoms with van der Waals surface area (Å²) in [5.41, 5.74) is -1.18. The fourth-order valence-corrected chi connectivity index (χ4v) is 3.13. The fraction of sp³-hybridized carbons (Fsp3) is 0.545. The molecule has 1 rings (SSSR count). The Morgan fingerprint density at radius 3 is 2.40 bits per heavy atom. The molecule has 0 spiro atoms. The van der Waals surface area contributed by atoms with Crippen molar-refractivity contribution in [3.8, 4) is 0 Å². The van der Waals surface area contributed by atoms with E-state index in [-0.39, 0.29) is 18.0 Å². The number of hydrogen-bond donors (Lipinski definition) is 1. The first-order valence-electron chi connectivity index (χ1n) is 5.91. The first kappa shape index (κ1) is 16.5. The van der Waals surface area contributed by atoms with E-state index in [1.165, 1.54) is 13.8 Å². The molecule has 1 heterocycles. The van der Waals surface area contributed by atoms with Crippen LogP contribution in [0.15, 0.2) is 23.2 Å². The molecule has 0 amide bonds. The fourth-order valence-electron chi connectivity index (χ4n) is 1.58. The molecule has 9 heteroatoms. The summed E-state index contributed by atoms with van der Waals surface area (Å²) in [5, 5.41) is 20.2. The van der Waals surface area contributed by atoms with Gasteiger partial charge in [0, 0.05) is 19.2 Å². The van der Waals surface area contributed by atoms with E-state index >= 15 is 0 Å². The first-order valence-corrected chi connectivity index (χ1v) is 7.35. The summed E-state index contributed by atoms with van der Waals surface area (Å²) in [4.78, 5) is 13.1. The molecule has 0 aromatic carbocycles. The summed E-state index contributed by atoms with van der Waals surface area (Å²) in [6.45, 7) is 4.73. The Morgan fingerprint density at radius 2 is 2.05 bits per heavy atom. The maximum absolute atomic E-state index is 12.3. The number of sulfonamides is 1. The molecule has 1 aromatic heterocycles. The zero-order chi connectivity index (χ0) is 15.6. The molecule has 0 saturated heterocycles. The van der Waals surface area contributed by atoms with Gasteiger partial charge in [-0.05, 0) is 29.8 Å². The lowest BCUT2D eigenvalue weighted by atomic mass is 10.1. The minimum atomic E-state index is -3.84. The van der Waals surface area contributed by atoms with Crippen LogP contribution in [0.5, 0.6) is 0 Å². The molecule has 0 aliphatic heterocycles. The van der Waals surface area contributed by atoms with Gasteiger partial charge in [-0.1, -0.05) is 6.92 Å². The lowest BCUT2D eigenvalue weighted by Crippen LogP contribution is -2.42. The van der Waals surface area contributed by atoms with Gasteiger partial charge in [0.25, 0.3) is 0 Å². The van der Waals surface area contributed by atoms with E-state index in [0.29, 0.717) is 0 Å². The van der Waals surface area contributed by atoms with Crippen molar-refractivity contribution in [2.75, 3.05) is 13.1 Å². The third kappa shape index (κ3) is 3.95. The van der Waals surface area contributed by atoms with Crippen molar-refractivity contribution in [2.45, 2.75) is 31.3 Å². The quantitative estimate of drug-likeness (QED) is 0.613. The standard InChI is InChI=1S/C11H17N3O5S/c1-4-13(8-11(2,3)15)20(18,19)9-5-6-10(12-7-9)14(16)17/h5-7,15H,4,8H2,1-3H3. The van der Waals surface area contributed by atoms with Gasteiger partial charge in [-0.3, -0.25) is 0 Å². The molecule has 20 heavy (non-hydrogen) atoms. The Kier molecular flexibility index (Phi) is 4.79. The van der Waals surface area contributed by atoms with Gasteiger partial charge >= 0.3 is 5.82 Å². The number of likely N-dealkylation sites (N-methyl/N-ethyl adjacent to an activating group) is 1. The molecule has 0 atom stereocenters. The molecule has 0 bridgehead atoms. The van der Waals surface area contributed by atoms with Crippen LogP contribution >= 0.6 is 0 Å². The zero-order valence-electron chi connectivity index (χ0n) is 11.5.